The molecule has 2 aromatic rings. The number of benzene rings is 2. The maximum Gasteiger partial charge on any atom is 0.120 e. The standard InChI is InChI=1S/C16H15Br2ClO/c1-2-20-13-6-7-14(16(18)10-13)15(17)9-11-4-3-5-12(19)8-11/h3-8,10,15H,2,9H2,1H3. The van der Waals surface area contributed by atoms with E-state index in [4.69, 9.17) is 16.3 Å². The van der Waals surface area contributed by atoms with Gasteiger partial charge in [0.2, 0.25) is 0 Å². The second-order valence-corrected chi connectivity index (χ2v) is 6.81. The van der Waals surface area contributed by atoms with Crippen molar-refractivity contribution in [2.45, 2.75) is 18.2 Å². The Morgan fingerprint density at radius 1 is 1.20 bits per heavy atom. The van der Waals surface area contributed by atoms with Crippen LogP contribution in [-0.2, 0) is 6.42 Å². The fourth-order valence-electron chi connectivity index (χ4n) is 2.00. The van der Waals surface area contributed by atoms with E-state index in [-0.39, 0.29) is 4.83 Å². The molecule has 20 heavy (non-hydrogen) atoms. The van der Waals surface area contributed by atoms with Crippen molar-refractivity contribution in [3.8, 4) is 5.75 Å². The Labute approximate surface area is 141 Å². The van der Waals surface area contributed by atoms with Gasteiger partial charge < -0.3 is 4.74 Å². The zero-order chi connectivity index (χ0) is 14.5. The Balaban J connectivity index is 2.14. The summed E-state index contributed by atoms with van der Waals surface area (Å²) in [7, 11) is 0. The normalized spacial score (nSPS) is 12.2. The molecule has 0 saturated carbocycles. The lowest BCUT2D eigenvalue weighted by Gasteiger charge is -2.14. The highest BCUT2D eigenvalue weighted by atomic mass is 79.9. The Bertz CT molecular complexity index is 586. The van der Waals surface area contributed by atoms with Crippen LogP contribution in [-0.4, -0.2) is 6.61 Å². The molecule has 0 aromatic heterocycles. The number of hydrogen-bond acceptors (Lipinski definition) is 1. The average molecular weight is 419 g/mol. The van der Waals surface area contributed by atoms with Gasteiger partial charge in [0.1, 0.15) is 5.75 Å². The van der Waals surface area contributed by atoms with Crippen molar-refractivity contribution < 1.29 is 4.74 Å². The molecule has 106 valence electrons. The van der Waals surface area contributed by atoms with Gasteiger partial charge in [0.15, 0.2) is 0 Å². The molecule has 0 radical (unpaired) electrons. The first kappa shape index (κ1) is 15.9. The van der Waals surface area contributed by atoms with Crippen molar-refractivity contribution in [3.05, 3.63) is 63.1 Å². The van der Waals surface area contributed by atoms with E-state index in [0.717, 1.165) is 21.7 Å². The lowest BCUT2D eigenvalue weighted by atomic mass is 10.0. The fraction of sp³-hybridized carbons (Fsp3) is 0.250. The van der Waals surface area contributed by atoms with E-state index in [2.05, 4.69) is 44.0 Å². The van der Waals surface area contributed by atoms with Crippen molar-refractivity contribution in [3.63, 3.8) is 0 Å². The van der Waals surface area contributed by atoms with Gasteiger partial charge in [0.25, 0.3) is 0 Å². The van der Waals surface area contributed by atoms with Crippen LogP contribution >= 0.6 is 43.5 Å². The van der Waals surface area contributed by atoms with Crippen molar-refractivity contribution in [2.75, 3.05) is 6.61 Å². The van der Waals surface area contributed by atoms with Crippen molar-refractivity contribution >= 4 is 43.5 Å². The molecule has 2 aromatic carbocycles. The van der Waals surface area contributed by atoms with Crippen LogP contribution in [0.25, 0.3) is 0 Å². The van der Waals surface area contributed by atoms with Crippen molar-refractivity contribution in [1.82, 2.24) is 0 Å². The fourth-order valence-corrected chi connectivity index (χ4v) is 3.93. The number of ether oxygens (including phenoxy) is 1. The van der Waals surface area contributed by atoms with Gasteiger partial charge in [-0.05, 0) is 48.7 Å². The molecule has 0 aliphatic rings. The molecule has 1 unspecified atom stereocenters. The third-order valence-corrected chi connectivity index (χ3v) is 4.66. The van der Waals surface area contributed by atoms with Crippen LogP contribution in [0.1, 0.15) is 22.9 Å². The third-order valence-electron chi connectivity index (χ3n) is 2.92. The Kier molecular flexibility index (Phi) is 5.94. The SMILES string of the molecule is CCOc1ccc(C(Br)Cc2cccc(Cl)c2)c(Br)c1. The highest BCUT2D eigenvalue weighted by Crippen LogP contribution is 2.35. The maximum atomic E-state index is 6.02. The van der Waals surface area contributed by atoms with Gasteiger partial charge in [-0.15, -0.1) is 0 Å². The molecule has 0 aliphatic carbocycles. The number of rotatable bonds is 5. The van der Waals surface area contributed by atoms with Gasteiger partial charge >= 0.3 is 0 Å². The number of alkyl halides is 1. The van der Waals surface area contributed by atoms with E-state index in [1.807, 2.05) is 37.3 Å². The van der Waals surface area contributed by atoms with E-state index >= 15 is 0 Å². The van der Waals surface area contributed by atoms with Gasteiger partial charge in [0, 0.05) is 14.3 Å². The predicted molar refractivity (Wildman–Crippen MR) is 92.1 cm³/mol. The van der Waals surface area contributed by atoms with Crippen LogP contribution in [0, 0.1) is 0 Å². The predicted octanol–water partition coefficient (Wildman–Crippen LogP) is 6.18. The lowest BCUT2D eigenvalue weighted by Crippen LogP contribution is -1.98. The second kappa shape index (κ2) is 7.48. The van der Waals surface area contributed by atoms with E-state index in [1.54, 1.807) is 0 Å². The Morgan fingerprint density at radius 2 is 2.00 bits per heavy atom. The molecule has 1 atom stereocenters. The lowest BCUT2D eigenvalue weighted by molar-refractivity contribution is 0.340. The zero-order valence-electron chi connectivity index (χ0n) is 11.1. The summed E-state index contributed by atoms with van der Waals surface area (Å²) in [6, 6.07) is 14.0. The van der Waals surface area contributed by atoms with Gasteiger partial charge in [-0.25, -0.2) is 0 Å². The summed E-state index contributed by atoms with van der Waals surface area (Å²) in [4.78, 5) is 0.228. The summed E-state index contributed by atoms with van der Waals surface area (Å²) in [5.74, 6) is 0.880. The van der Waals surface area contributed by atoms with Crippen LogP contribution in [0.4, 0.5) is 0 Å². The van der Waals surface area contributed by atoms with Crippen LogP contribution < -0.4 is 4.74 Å². The molecule has 0 saturated heterocycles. The zero-order valence-corrected chi connectivity index (χ0v) is 15.0. The highest BCUT2D eigenvalue weighted by Gasteiger charge is 2.13. The molecule has 0 amide bonds. The largest absolute Gasteiger partial charge is 0.494 e. The molecule has 0 aliphatic heterocycles. The molecule has 1 nitrogen and oxygen atoms in total. The first-order valence-corrected chi connectivity index (χ1v) is 8.49. The van der Waals surface area contributed by atoms with Crippen LogP contribution in [0.2, 0.25) is 5.02 Å². The molecular weight excluding hydrogens is 403 g/mol. The first-order valence-electron chi connectivity index (χ1n) is 6.41. The molecule has 0 spiro atoms. The monoisotopic (exact) mass is 416 g/mol. The first-order chi connectivity index (χ1) is 9.60. The van der Waals surface area contributed by atoms with E-state index < -0.39 is 0 Å². The summed E-state index contributed by atoms with van der Waals surface area (Å²) in [6.45, 7) is 2.65. The second-order valence-electron chi connectivity index (χ2n) is 4.42. The third kappa shape index (κ3) is 4.24. The minimum absolute atomic E-state index is 0.228. The molecule has 0 heterocycles. The topological polar surface area (TPSA) is 9.23 Å². The van der Waals surface area contributed by atoms with Gasteiger partial charge in [-0.1, -0.05) is 61.7 Å². The molecular formula is C16H15Br2ClO. The Hall–Kier alpha value is -0.510. The maximum absolute atomic E-state index is 6.02. The summed E-state index contributed by atoms with van der Waals surface area (Å²) < 4.78 is 6.54. The van der Waals surface area contributed by atoms with Crippen molar-refractivity contribution in [2.24, 2.45) is 0 Å². The molecule has 2 rings (SSSR count). The summed E-state index contributed by atoms with van der Waals surface area (Å²) >= 11 is 13.4. The Morgan fingerprint density at radius 3 is 2.65 bits per heavy atom. The van der Waals surface area contributed by atoms with E-state index in [0.29, 0.717) is 6.61 Å². The van der Waals surface area contributed by atoms with E-state index in [9.17, 15) is 0 Å². The number of halogens is 3. The summed E-state index contributed by atoms with van der Waals surface area (Å²) in [6.07, 6.45) is 0.882. The molecule has 4 heteroatoms. The van der Waals surface area contributed by atoms with Crippen molar-refractivity contribution in [1.29, 1.82) is 0 Å². The minimum Gasteiger partial charge on any atom is -0.494 e. The molecule has 0 fully saturated rings. The smallest absolute Gasteiger partial charge is 0.120 e. The van der Waals surface area contributed by atoms with Crippen LogP contribution in [0.3, 0.4) is 0 Å². The van der Waals surface area contributed by atoms with Gasteiger partial charge in [0.05, 0.1) is 6.61 Å². The van der Waals surface area contributed by atoms with Crippen LogP contribution in [0.15, 0.2) is 46.9 Å². The van der Waals surface area contributed by atoms with Gasteiger partial charge in [-0.3, -0.25) is 0 Å². The van der Waals surface area contributed by atoms with E-state index in [1.165, 1.54) is 11.1 Å². The van der Waals surface area contributed by atoms with Crippen LogP contribution in [0.5, 0.6) is 5.75 Å². The summed E-state index contributed by atoms with van der Waals surface area (Å²) in [5, 5.41) is 0.771. The average Bonchev–Trinajstić information content (AvgIpc) is 2.39. The minimum atomic E-state index is 0.228. The summed E-state index contributed by atoms with van der Waals surface area (Å²) in [5.41, 5.74) is 2.41. The highest BCUT2D eigenvalue weighted by molar-refractivity contribution is 9.11. The quantitative estimate of drug-likeness (QED) is 0.527. The molecule has 0 bridgehead atoms. The molecule has 0 N–H and O–H groups in total. The van der Waals surface area contributed by atoms with Gasteiger partial charge in [-0.2, -0.15) is 0 Å². The number of hydrogen-bond donors (Lipinski definition) is 0.